The summed E-state index contributed by atoms with van der Waals surface area (Å²) in [6.45, 7) is 6.77. The van der Waals surface area contributed by atoms with E-state index in [0.29, 0.717) is 5.25 Å². The van der Waals surface area contributed by atoms with E-state index in [1.807, 2.05) is 11.8 Å². The largest absolute Gasteiger partial charge is 0.122 e. The highest BCUT2D eigenvalue weighted by atomic mass is 32.2. The minimum absolute atomic E-state index is 0.653. The van der Waals surface area contributed by atoms with E-state index in [1.54, 1.807) is 0 Å². The van der Waals surface area contributed by atoms with E-state index >= 15 is 0 Å². The molecule has 0 radical (unpaired) electrons. The molecule has 20 heavy (non-hydrogen) atoms. The van der Waals surface area contributed by atoms with Gasteiger partial charge in [0, 0.05) is 10.1 Å². The average molecular weight is 284 g/mol. The monoisotopic (exact) mass is 284 g/mol. The van der Waals surface area contributed by atoms with Crippen molar-refractivity contribution < 1.29 is 0 Å². The maximum Gasteiger partial charge on any atom is 0.0137 e. The van der Waals surface area contributed by atoms with Gasteiger partial charge in [0.1, 0.15) is 0 Å². The second-order valence-electron chi connectivity index (χ2n) is 5.87. The Morgan fingerprint density at radius 1 is 0.900 bits per heavy atom. The van der Waals surface area contributed by atoms with Crippen molar-refractivity contribution in [2.24, 2.45) is 5.92 Å². The lowest BCUT2D eigenvalue weighted by atomic mass is 10.0. The molecule has 0 N–H and O–H groups in total. The van der Waals surface area contributed by atoms with Gasteiger partial charge in [0.15, 0.2) is 0 Å². The fraction of sp³-hybridized carbons (Fsp3) is 0.368. The lowest BCUT2D eigenvalue weighted by molar-refractivity contribution is 0.566. The molecule has 2 aromatic rings. The predicted molar refractivity (Wildman–Crippen MR) is 90.4 cm³/mol. The first kappa shape index (κ1) is 15.2. The molecule has 0 bridgehead atoms. The molecule has 1 atom stereocenters. The Bertz CT molecular complexity index is 499. The van der Waals surface area contributed by atoms with Crippen molar-refractivity contribution in [1.82, 2.24) is 0 Å². The molecule has 0 heterocycles. The Morgan fingerprint density at radius 3 is 2.15 bits per heavy atom. The zero-order valence-corrected chi connectivity index (χ0v) is 13.5. The second kappa shape index (κ2) is 7.54. The van der Waals surface area contributed by atoms with Gasteiger partial charge in [0.2, 0.25) is 0 Å². The fourth-order valence-electron chi connectivity index (χ4n) is 2.39. The Morgan fingerprint density at radius 2 is 1.55 bits per heavy atom. The van der Waals surface area contributed by atoms with Gasteiger partial charge >= 0.3 is 0 Å². The van der Waals surface area contributed by atoms with Crippen molar-refractivity contribution in [1.29, 1.82) is 0 Å². The molecule has 0 amide bonds. The van der Waals surface area contributed by atoms with Crippen molar-refractivity contribution in [2.75, 3.05) is 0 Å². The zero-order chi connectivity index (χ0) is 14.4. The Kier molecular flexibility index (Phi) is 5.72. The van der Waals surface area contributed by atoms with Crippen LogP contribution in [-0.2, 0) is 6.42 Å². The molecule has 1 unspecified atom stereocenters. The van der Waals surface area contributed by atoms with Gasteiger partial charge < -0.3 is 0 Å². The van der Waals surface area contributed by atoms with E-state index in [1.165, 1.54) is 22.4 Å². The molecule has 0 fully saturated rings. The van der Waals surface area contributed by atoms with Gasteiger partial charge in [-0.05, 0) is 43.4 Å². The standard InChI is InChI=1S/C19H24S/c1-15(2)13-19(14-17-7-5-4-6-8-17)20-18-11-9-16(3)10-12-18/h4-12,15,19H,13-14H2,1-3H3. The number of hydrogen-bond donors (Lipinski definition) is 0. The molecule has 0 saturated heterocycles. The van der Waals surface area contributed by atoms with Gasteiger partial charge in [0.05, 0.1) is 0 Å². The normalized spacial score (nSPS) is 12.6. The molecule has 0 spiro atoms. The van der Waals surface area contributed by atoms with E-state index in [2.05, 4.69) is 75.4 Å². The fourth-order valence-corrected chi connectivity index (χ4v) is 3.82. The maximum absolute atomic E-state index is 2.31. The number of thioether (sulfide) groups is 1. The predicted octanol–water partition coefficient (Wildman–Crippen LogP) is 5.74. The first-order valence-electron chi connectivity index (χ1n) is 7.40. The summed E-state index contributed by atoms with van der Waals surface area (Å²) in [7, 11) is 0. The Balaban J connectivity index is 2.05. The quantitative estimate of drug-likeness (QED) is 0.609. The molecule has 2 rings (SSSR count). The van der Waals surface area contributed by atoms with Crippen LogP contribution in [0.3, 0.4) is 0 Å². The summed E-state index contributed by atoms with van der Waals surface area (Å²) in [6.07, 6.45) is 2.41. The lowest BCUT2D eigenvalue weighted by Gasteiger charge is -2.19. The summed E-state index contributed by atoms with van der Waals surface area (Å²) in [5.41, 5.74) is 2.77. The molecule has 106 valence electrons. The molecule has 0 aliphatic rings. The van der Waals surface area contributed by atoms with Crippen LogP contribution in [0.15, 0.2) is 59.5 Å². The van der Waals surface area contributed by atoms with Crippen molar-refractivity contribution in [3.8, 4) is 0 Å². The topological polar surface area (TPSA) is 0 Å². The molecule has 0 aliphatic heterocycles. The van der Waals surface area contributed by atoms with E-state index in [4.69, 9.17) is 0 Å². The summed E-state index contributed by atoms with van der Waals surface area (Å²) >= 11 is 2.02. The summed E-state index contributed by atoms with van der Waals surface area (Å²) < 4.78 is 0. The van der Waals surface area contributed by atoms with Crippen LogP contribution in [0, 0.1) is 12.8 Å². The number of aryl methyl sites for hydroxylation is 1. The van der Waals surface area contributed by atoms with Crippen molar-refractivity contribution in [2.45, 2.75) is 43.8 Å². The van der Waals surface area contributed by atoms with Gasteiger partial charge in [0.25, 0.3) is 0 Å². The molecule has 0 aromatic heterocycles. The first-order chi connectivity index (χ1) is 9.63. The van der Waals surface area contributed by atoms with Gasteiger partial charge in [-0.1, -0.05) is 61.9 Å². The Hall–Kier alpha value is -1.21. The third kappa shape index (κ3) is 5.05. The van der Waals surface area contributed by atoms with Crippen LogP contribution in [0.4, 0.5) is 0 Å². The molecule has 2 aromatic carbocycles. The Labute approximate surface area is 127 Å². The van der Waals surface area contributed by atoms with Crippen molar-refractivity contribution >= 4 is 11.8 Å². The van der Waals surface area contributed by atoms with Crippen molar-refractivity contribution in [3.63, 3.8) is 0 Å². The van der Waals surface area contributed by atoms with E-state index in [9.17, 15) is 0 Å². The minimum atomic E-state index is 0.653. The van der Waals surface area contributed by atoms with E-state index in [0.717, 1.165) is 12.3 Å². The van der Waals surface area contributed by atoms with E-state index in [-0.39, 0.29) is 0 Å². The second-order valence-corrected chi connectivity index (χ2v) is 7.25. The summed E-state index contributed by atoms with van der Waals surface area (Å²) in [4.78, 5) is 1.39. The molecule has 0 nitrogen and oxygen atoms in total. The molecule has 0 saturated carbocycles. The van der Waals surface area contributed by atoms with Gasteiger partial charge in [-0.2, -0.15) is 0 Å². The molecular formula is C19H24S. The maximum atomic E-state index is 2.31. The van der Waals surface area contributed by atoms with Crippen LogP contribution in [0.25, 0.3) is 0 Å². The molecular weight excluding hydrogens is 260 g/mol. The highest BCUT2D eigenvalue weighted by molar-refractivity contribution is 8.00. The van der Waals surface area contributed by atoms with Gasteiger partial charge in [-0.3, -0.25) is 0 Å². The minimum Gasteiger partial charge on any atom is -0.122 e. The zero-order valence-electron chi connectivity index (χ0n) is 12.7. The molecule has 1 heteroatoms. The van der Waals surface area contributed by atoms with Gasteiger partial charge in [-0.15, -0.1) is 11.8 Å². The number of rotatable bonds is 6. The highest BCUT2D eigenvalue weighted by Crippen LogP contribution is 2.30. The number of hydrogen-bond acceptors (Lipinski definition) is 1. The van der Waals surface area contributed by atoms with Crippen molar-refractivity contribution in [3.05, 3.63) is 65.7 Å². The van der Waals surface area contributed by atoms with Crippen LogP contribution >= 0.6 is 11.8 Å². The molecule has 0 aliphatic carbocycles. The first-order valence-corrected chi connectivity index (χ1v) is 8.28. The van der Waals surface area contributed by atoms with Gasteiger partial charge in [-0.25, -0.2) is 0 Å². The van der Waals surface area contributed by atoms with Crippen LogP contribution in [-0.4, -0.2) is 5.25 Å². The van der Waals surface area contributed by atoms with Crippen LogP contribution in [0.5, 0.6) is 0 Å². The number of benzene rings is 2. The third-order valence-electron chi connectivity index (χ3n) is 3.36. The van der Waals surface area contributed by atoms with E-state index < -0.39 is 0 Å². The highest BCUT2D eigenvalue weighted by Gasteiger charge is 2.13. The smallest absolute Gasteiger partial charge is 0.0137 e. The van der Waals surface area contributed by atoms with Crippen LogP contribution in [0.1, 0.15) is 31.4 Å². The summed E-state index contributed by atoms with van der Waals surface area (Å²) in [6, 6.07) is 19.8. The summed E-state index contributed by atoms with van der Waals surface area (Å²) in [5.74, 6) is 0.738. The van der Waals surface area contributed by atoms with Crippen LogP contribution in [0.2, 0.25) is 0 Å². The summed E-state index contributed by atoms with van der Waals surface area (Å²) in [5, 5.41) is 0.653. The average Bonchev–Trinajstić information content (AvgIpc) is 2.42. The van der Waals surface area contributed by atoms with Crippen LogP contribution < -0.4 is 0 Å². The SMILES string of the molecule is Cc1ccc(SC(Cc2ccccc2)CC(C)C)cc1. The lowest BCUT2D eigenvalue weighted by Crippen LogP contribution is -2.10. The third-order valence-corrected chi connectivity index (χ3v) is 4.60.